The van der Waals surface area contributed by atoms with Crippen LogP contribution in [0, 0.1) is 0 Å². The fourth-order valence-electron chi connectivity index (χ4n) is 3.82. The van der Waals surface area contributed by atoms with Gasteiger partial charge in [0.1, 0.15) is 5.75 Å². The maximum absolute atomic E-state index is 12.6. The summed E-state index contributed by atoms with van der Waals surface area (Å²) in [6, 6.07) is 11.6. The first-order chi connectivity index (χ1) is 14.6. The zero-order chi connectivity index (χ0) is 20.9. The molecule has 1 aromatic heterocycles. The van der Waals surface area contributed by atoms with Crippen LogP contribution in [0.5, 0.6) is 5.75 Å². The van der Waals surface area contributed by atoms with Crippen LogP contribution in [0.2, 0.25) is 0 Å². The number of aromatic nitrogens is 1. The van der Waals surface area contributed by atoms with Crippen molar-refractivity contribution in [3.63, 3.8) is 0 Å². The number of rotatable bonds is 9. The summed E-state index contributed by atoms with van der Waals surface area (Å²) in [5.41, 5.74) is 3.36. The summed E-state index contributed by atoms with van der Waals surface area (Å²) in [7, 11) is 0. The number of amides is 1. The minimum absolute atomic E-state index is 0.0345. The molecule has 158 valence electrons. The highest BCUT2D eigenvalue weighted by molar-refractivity contribution is 5.82. The van der Waals surface area contributed by atoms with E-state index in [1.807, 2.05) is 42.5 Å². The van der Waals surface area contributed by atoms with Gasteiger partial charge in [-0.2, -0.15) is 0 Å². The number of aliphatic hydroxyl groups excluding tert-OH is 1. The van der Waals surface area contributed by atoms with Gasteiger partial charge in [-0.25, -0.2) is 0 Å². The van der Waals surface area contributed by atoms with Crippen LogP contribution in [-0.2, 0) is 4.79 Å². The number of carbonyl (C=O) groups excluding carboxylic acids is 1. The molecule has 0 bridgehead atoms. The molecule has 2 fully saturated rings. The number of aliphatic hydroxyl groups is 1. The number of pyridine rings is 1. The molecule has 6 heteroatoms. The van der Waals surface area contributed by atoms with Crippen molar-refractivity contribution >= 4 is 11.5 Å². The second kappa shape index (κ2) is 9.30. The average molecular weight is 408 g/mol. The first kappa shape index (κ1) is 20.4. The van der Waals surface area contributed by atoms with Crippen LogP contribution < -0.4 is 15.6 Å². The summed E-state index contributed by atoms with van der Waals surface area (Å²) in [4.78, 5) is 27.4. The number of nitrogens with one attached hydrogen (secondary N) is 2. The van der Waals surface area contributed by atoms with Gasteiger partial charge in [-0.3, -0.25) is 9.59 Å². The van der Waals surface area contributed by atoms with Crippen molar-refractivity contribution in [1.29, 1.82) is 0 Å². The molecule has 0 spiro atoms. The molecule has 3 N–H and O–H groups in total. The van der Waals surface area contributed by atoms with E-state index >= 15 is 0 Å². The van der Waals surface area contributed by atoms with E-state index in [1.54, 1.807) is 0 Å². The highest BCUT2D eigenvalue weighted by atomic mass is 16.5. The van der Waals surface area contributed by atoms with Crippen molar-refractivity contribution in [2.75, 3.05) is 13.2 Å². The smallest absolute Gasteiger partial charge is 0.251 e. The van der Waals surface area contributed by atoms with Crippen molar-refractivity contribution in [1.82, 2.24) is 10.3 Å². The van der Waals surface area contributed by atoms with Crippen LogP contribution in [0.4, 0.5) is 0 Å². The molecule has 0 radical (unpaired) electrons. The normalized spacial score (nSPS) is 19.0. The summed E-state index contributed by atoms with van der Waals surface area (Å²) in [5.74, 6) is 1.18. The van der Waals surface area contributed by atoms with Crippen LogP contribution in [0.3, 0.4) is 0 Å². The Kier molecular flexibility index (Phi) is 6.33. The molecule has 4 rings (SSSR count). The van der Waals surface area contributed by atoms with Crippen LogP contribution in [0.15, 0.2) is 47.3 Å². The number of hydrogen-bond acceptors (Lipinski definition) is 4. The molecule has 2 aromatic rings. The van der Waals surface area contributed by atoms with Crippen molar-refractivity contribution in [3.05, 3.63) is 69.6 Å². The van der Waals surface area contributed by atoms with E-state index in [0.29, 0.717) is 25.4 Å². The van der Waals surface area contributed by atoms with E-state index in [1.165, 1.54) is 0 Å². The molecule has 2 aliphatic rings. The highest BCUT2D eigenvalue weighted by Gasteiger charge is 2.26. The Labute approximate surface area is 176 Å². The molecule has 1 aliphatic heterocycles. The molecule has 6 nitrogen and oxygen atoms in total. The molecule has 1 saturated carbocycles. The number of unbranched alkanes of at least 4 members (excludes halogenated alkanes) is 1. The fraction of sp³-hybridized carbons (Fsp3) is 0.417. The lowest BCUT2D eigenvalue weighted by Crippen LogP contribution is -2.23. The first-order valence-electron chi connectivity index (χ1n) is 10.7. The largest absolute Gasteiger partial charge is 0.494 e. The third-order valence-corrected chi connectivity index (χ3v) is 5.61. The summed E-state index contributed by atoms with van der Waals surface area (Å²) in [6.45, 7) is 0.697. The average Bonchev–Trinajstić information content (AvgIpc) is 3.50. The third kappa shape index (κ3) is 5.00. The van der Waals surface area contributed by atoms with Gasteiger partial charge in [0.25, 0.3) is 5.56 Å². The van der Waals surface area contributed by atoms with Gasteiger partial charge in [0.05, 0.1) is 6.61 Å². The monoisotopic (exact) mass is 408 g/mol. The maximum Gasteiger partial charge on any atom is 0.251 e. The van der Waals surface area contributed by atoms with Gasteiger partial charge in [-0.1, -0.05) is 24.3 Å². The molecule has 1 aliphatic carbocycles. The molecular formula is C24H28N2O4. The van der Waals surface area contributed by atoms with Gasteiger partial charge < -0.3 is 20.1 Å². The summed E-state index contributed by atoms with van der Waals surface area (Å²) >= 11 is 0. The molecule has 1 saturated heterocycles. The topological polar surface area (TPSA) is 91.4 Å². The number of aromatic amines is 1. The van der Waals surface area contributed by atoms with E-state index in [9.17, 15) is 9.59 Å². The molecule has 30 heavy (non-hydrogen) atoms. The van der Waals surface area contributed by atoms with E-state index in [2.05, 4.69) is 10.3 Å². The highest BCUT2D eigenvalue weighted by Crippen LogP contribution is 2.38. The number of carbonyl (C=O) groups is 1. The number of H-pyrrole nitrogens is 1. The second-order valence-corrected chi connectivity index (χ2v) is 8.03. The van der Waals surface area contributed by atoms with Gasteiger partial charge in [-0.05, 0) is 61.8 Å². The summed E-state index contributed by atoms with van der Waals surface area (Å²) in [5, 5.41) is 11.9. The Bertz CT molecular complexity index is 991. The van der Waals surface area contributed by atoms with Crippen molar-refractivity contribution in [3.8, 4) is 5.75 Å². The third-order valence-electron chi connectivity index (χ3n) is 5.61. The summed E-state index contributed by atoms with van der Waals surface area (Å²) < 4.78 is 5.82. The lowest BCUT2D eigenvalue weighted by atomic mass is 9.98. The quantitative estimate of drug-likeness (QED) is 0.556. The SMILES string of the molecule is O=C1CC[C@H](/C=C(/c2cccc(OCCCCO)c2)c2ccc(C3CC3)c(=O)[nH]2)N1. The van der Waals surface area contributed by atoms with Gasteiger partial charge >= 0.3 is 0 Å². The minimum Gasteiger partial charge on any atom is -0.494 e. The Balaban J connectivity index is 1.64. The number of hydrogen-bond donors (Lipinski definition) is 3. The van der Waals surface area contributed by atoms with Crippen molar-refractivity contribution in [2.24, 2.45) is 0 Å². The van der Waals surface area contributed by atoms with Gasteiger partial charge in [0, 0.05) is 35.9 Å². The Hall–Kier alpha value is -2.86. The predicted octanol–water partition coefficient (Wildman–Crippen LogP) is 3.11. The molecule has 0 unspecified atom stereocenters. The van der Waals surface area contributed by atoms with E-state index < -0.39 is 0 Å². The lowest BCUT2D eigenvalue weighted by Gasteiger charge is -2.14. The lowest BCUT2D eigenvalue weighted by molar-refractivity contribution is -0.119. The molecule has 1 aromatic carbocycles. The van der Waals surface area contributed by atoms with Crippen molar-refractivity contribution in [2.45, 2.75) is 50.5 Å². The van der Waals surface area contributed by atoms with Crippen molar-refractivity contribution < 1.29 is 14.6 Å². The Morgan fingerprint density at radius 1 is 1.13 bits per heavy atom. The molecular weight excluding hydrogens is 380 g/mol. The first-order valence-corrected chi connectivity index (χ1v) is 10.7. The van der Waals surface area contributed by atoms with Gasteiger partial charge in [0.15, 0.2) is 0 Å². The molecule has 1 amide bonds. The summed E-state index contributed by atoms with van der Waals surface area (Å²) in [6.07, 6.45) is 6.93. The zero-order valence-corrected chi connectivity index (χ0v) is 17.0. The van der Waals surface area contributed by atoms with E-state index in [0.717, 1.165) is 53.8 Å². The predicted molar refractivity (Wildman–Crippen MR) is 116 cm³/mol. The standard InChI is InChI=1S/C24H28N2O4/c27-12-1-2-13-30-19-5-3-4-17(14-19)21(15-18-8-11-23(28)25-18)22-10-9-20(16-6-7-16)24(29)26-22/h3-5,9-10,14-16,18,27H,1-2,6-8,11-13H2,(H,25,28)(H,26,29)/b21-15-/t18-/m1/s1. The maximum atomic E-state index is 12.6. The molecule has 1 atom stereocenters. The molecule has 2 heterocycles. The Morgan fingerprint density at radius 3 is 2.70 bits per heavy atom. The van der Waals surface area contributed by atoms with Gasteiger partial charge in [0.2, 0.25) is 5.91 Å². The number of ether oxygens (including phenoxy) is 1. The van der Waals surface area contributed by atoms with Crippen LogP contribution in [0.1, 0.15) is 61.3 Å². The zero-order valence-electron chi connectivity index (χ0n) is 17.0. The van der Waals surface area contributed by atoms with Gasteiger partial charge in [-0.15, -0.1) is 0 Å². The second-order valence-electron chi connectivity index (χ2n) is 8.03. The van der Waals surface area contributed by atoms with Crippen LogP contribution in [-0.4, -0.2) is 35.3 Å². The fourth-order valence-corrected chi connectivity index (χ4v) is 3.82. The van der Waals surface area contributed by atoms with Crippen LogP contribution >= 0.6 is 0 Å². The van der Waals surface area contributed by atoms with E-state index in [-0.39, 0.29) is 24.1 Å². The number of benzene rings is 1. The van der Waals surface area contributed by atoms with Crippen LogP contribution in [0.25, 0.3) is 5.57 Å². The van der Waals surface area contributed by atoms with E-state index in [4.69, 9.17) is 9.84 Å². The minimum atomic E-state index is -0.0618. The Morgan fingerprint density at radius 2 is 2.00 bits per heavy atom.